The Morgan fingerprint density at radius 2 is 2.18 bits per heavy atom. The van der Waals surface area contributed by atoms with E-state index >= 15 is 0 Å². The molecule has 0 saturated heterocycles. The number of hydrogen-bond acceptors (Lipinski definition) is 4. The van der Waals surface area contributed by atoms with Gasteiger partial charge in [0.25, 0.3) is 0 Å². The minimum Gasteiger partial charge on any atom is -0.465 e. The van der Waals surface area contributed by atoms with Crippen LogP contribution in [0.25, 0.3) is 0 Å². The van der Waals surface area contributed by atoms with Gasteiger partial charge in [-0.2, -0.15) is 0 Å². The number of anilines is 1. The molecule has 0 aliphatic heterocycles. The maximum atomic E-state index is 11.5. The van der Waals surface area contributed by atoms with Crippen molar-refractivity contribution in [1.29, 1.82) is 0 Å². The molecule has 1 aromatic carbocycles. The molecule has 1 aliphatic carbocycles. The highest BCUT2D eigenvalue weighted by Crippen LogP contribution is 2.47. The van der Waals surface area contributed by atoms with E-state index in [4.69, 9.17) is 10.3 Å². The molecule has 1 fully saturated rings. The van der Waals surface area contributed by atoms with Gasteiger partial charge in [0.2, 0.25) is 0 Å². The molecule has 1 saturated carbocycles. The lowest BCUT2D eigenvalue weighted by Gasteiger charge is -2.14. The Bertz CT molecular complexity index is 680. The van der Waals surface area contributed by atoms with E-state index in [1.165, 1.54) is 18.4 Å². The van der Waals surface area contributed by atoms with Gasteiger partial charge in [0.1, 0.15) is 11.5 Å². The number of thioether (sulfide) groups is 1. The average Bonchev–Trinajstić information content (AvgIpc) is 3.28. The monoisotopic (exact) mass is 317 g/mol. The van der Waals surface area contributed by atoms with Crippen LogP contribution in [0.15, 0.2) is 39.6 Å². The Morgan fingerprint density at radius 3 is 2.82 bits per heavy atom. The van der Waals surface area contributed by atoms with Crippen molar-refractivity contribution in [3.63, 3.8) is 0 Å². The van der Waals surface area contributed by atoms with E-state index in [1.807, 2.05) is 31.2 Å². The summed E-state index contributed by atoms with van der Waals surface area (Å²) in [6, 6.07) is 9.55. The summed E-state index contributed by atoms with van der Waals surface area (Å²) in [4.78, 5) is 12.6. The molecular formula is C16H19N3O2S. The number of hydrazine groups is 1. The number of nitrogens with two attached hydrogens (primary N) is 1. The van der Waals surface area contributed by atoms with Gasteiger partial charge in [0.05, 0.1) is 11.4 Å². The molecule has 1 heterocycles. The largest absolute Gasteiger partial charge is 0.465 e. The van der Waals surface area contributed by atoms with Gasteiger partial charge in [-0.15, -0.1) is 11.8 Å². The van der Waals surface area contributed by atoms with Gasteiger partial charge >= 0.3 is 6.03 Å². The quantitative estimate of drug-likeness (QED) is 0.339. The summed E-state index contributed by atoms with van der Waals surface area (Å²) in [5.74, 6) is 8.34. The molecule has 116 valence electrons. The first kappa shape index (κ1) is 15.0. The molecule has 1 aromatic heterocycles. The predicted molar refractivity (Wildman–Crippen MR) is 87.8 cm³/mol. The Hall–Kier alpha value is -1.92. The van der Waals surface area contributed by atoms with Crippen LogP contribution in [-0.4, -0.2) is 6.03 Å². The van der Waals surface area contributed by atoms with E-state index in [9.17, 15) is 4.79 Å². The Balaban J connectivity index is 1.83. The first-order chi connectivity index (χ1) is 10.7. The molecule has 3 rings (SSSR count). The lowest BCUT2D eigenvalue weighted by molar-refractivity contribution is 0.252. The fourth-order valence-electron chi connectivity index (χ4n) is 2.39. The van der Waals surface area contributed by atoms with Crippen molar-refractivity contribution in [2.45, 2.75) is 36.3 Å². The van der Waals surface area contributed by atoms with Crippen molar-refractivity contribution in [3.05, 3.63) is 47.4 Å². The summed E-state index contributed by atoms with van der Waals surface area (Å²) in [5.41, 5.74) is 4.19. The SMILES string of the molecule is Cc1ccc(CSc2c(NC(=O)NN)cccc2C2CC2)o1. The summed E-state index contributed by atoms with van der Waals surface area (Å²) < 4.78 is 5.62. The van der Waals surface area contributed by atoms with Crippen LogP contribution in [0.1, 0.15) is 35.8 Å². The standard InChI is InChI=1S/C16H19N3O2S/c1-10-5-8-12(21-10)9-22-15-13(11-6-7-11)3-2-4-14(15)18-16(20)19-17/h2-5,8,11H,6-7,9,17H2,1H3,(H2,18,19,20). The van der Waals surface area contributed by atoms with Gasteiger partial charge in [0, 0.05) is 4.90 Å². The van der Waals surface area contributed by atoms with Crippen LogP contribution in [0.2, 0.25) is 0 Å². The minimum atomic E-state index is -0.413. The highest BCUT2D eigenvalue weighted by Gasteiger charge is 2.27. The maximum Gasteiger partial charge on any atom is 0.333 e. The van der Waals surface area contributed by atoms with E-state index < -0.39 is 6.03 Å². The lowest BCUT2D eigenvalue weighted by Crippen LogP contribution is -2.34. The van der Waals surface area contributed by atoms with Crippen LogP contribution in [0.5, 0.6) is 0 Å². The fraction of sp³-hybridized carbons (Fsp3) is 0.312. The van der Waals surface area contributed by atoms with Crippen molar-refractivity contribution < 1.29 is 9.21 Å². The first-order valence-electron chi connectivity index (χ1n) is 7.26. The third-order valence-corrected chi connectivity index (χ3v) is 4.77. The van der Waals surface area contributed by atoms with E-state index in [-0.39, 0.29) is 0 Å². The molecular weight excluding hydrogens is 298 g/mol. The molecule has 2 amide bonds. The van der Waals surface area contributed by atoms with Crippen molar-refractivity contribution in [1.82, 2.24) is 5.43 Å². The molecule has 0 spiro atoms. The molecule has 0 atom stereocenters. The molecule has 0 bridgehead atoms. The highest BCUT2D eigenvalue weighted by atomic mass is 32.2. The average molecular weight is 317 g/mol. The molecule has 1 aliphatic rings. The van der Waals surface area contributed by atoms with Gasteiger partial charge in [0.15, 0.2) is 0 Å². The van der Waals surface area contributed by atoms with Gasteiger partial charge in [-0.3, -0.25) is 5.43 Å². The normalized spacial score (nSPS) is 13.9. The Morgan fingerprint density at radius 1 is 1.36 bits per heavy atom. The van der Waals surface area contributed by atoms with Gasteiger partial charge in [-0.25, -0.2) is 10.6 Å². The topological polar surface area (TPSA) is 80.3 Å². The van der Waals surface area contributed by atoms with Crippen molar-refractivity contribution in [2.75, 3.05) is 5.32 Å². The summed E-state index contributed by atoms with van der Waals surface area (Å²) in [5, 5.41) is 2.80. The third kappa shape index (κ3) is 3.45. The Kier molecular flexibility index (Phi) is 4.40. The summed E-state index contributed by atoms with van der Waals surface area (Å²) in [6.45, 7) is 1.94. The van der Waals surface area contributed by atoms with Gasteiger partial charge < -0.3 is 9.73 Å². The van der Waals surface area contributed by atoms with E-state index in [0.29, 0.717) is 5.92 Å². The zero-order chi connectivity index (χ0) is 15.5. The van der Waals surface area contributed by atoms with E-state index in [1.54, 1.807) is 11.8 Å². The van der Waals surface area contributed by atoms with Crippen molar-refractivity contribution in [2.24, 2.45) is 5.84 Å². The molecule has 0 unspecified atom stereocenters. The number of urea groups is 1. The number of benzene rings is 1. The van der Waals surface area contributed by atoms with Crippen LogP contribution in [0.3, 0.4) is 0 Å². The number of furan rings is 1. The molecule has 4 N–H and O–H groups in total. The number of carbonyl (C=O) groups is 1. The molecule has 22 heavy (non-hydrogen) atoms. The van der Waals surface area contributed by atoms with Crippen molar-refractivity contribution in [3.8, 4) is 0 Å². The number of amides is 2. The second-order valence-electron chi connectivity index (χ2n) is 5.40. The molecule has 5 nitrogen and oxygen atoms in total. The van der Waals surface area contributed by atoms with E-state index in [2.05, 4.69) is 16.8 Å². The highest BCUT2D eigenvalue weighted by molar-refractivity contribution is 7.98. The summed E-state index contributed by atoms with van der Waals surface area (Å²) in [7, 11) is 0. The zero-order valence-electron chi connectivity index (χ0n) is 12.4. The van der Waals surface area contributed by atoms with Crippen LogP contribution in [0, 0.1) is 6.92 Å². The number of nitrogens with one attached hydrogen (secondary N) is 2. The maximum absolute atomic E-state index is 11.5. The molecule has 6 heteroatoms. The predicted octanol–water partition coefficient (Wildman–Crippen LogP) is 3.75. The second kappa shape index (κ2) is 6.46. The van der Waals surface area contributed by atoms with Crippen LogP contribution < -0.4 is 16.6 Å². The zero-order valence-corrected chi connectivity index (χ0v) is 13.2. The lowest BCUT2D eigenvalue weighted by atomic mass is 10.1. The van der Waals surface area contributed by atoms with Gasteiger partial charge in [-0.05, 0) is 49.4 Å². The number of rotatable bonds is 5. The Labute approximate surface area is 133 Å². The number of carbonyl (C=O) groups excluding carboxylic acids is 1. The molecule has 0 radical (unpaired) electrons. The third-order valence-electron chi connectivity index (χ3n) is 3.60. The van der Waals surface area contributed by atoms with Crippen molar-refractivity contribution >= 4 is 23.5 Å². The van der Waals surface area contributed by atoms with Crippen LogP contribution in [0.4, 0.5) is 10.5 Å². The molecule has 2 aromatic rings. The van der Waals surface area contributed by atoms with Gasteiger partial charge in [-0.1, -0.05) is 12.1 Å². The van der Waals surface area contributed by atoms with Crippen LogP contribution >= 0.6 is 11.8 Å². The number of hydrogen-bond donors (Lipinski definition) is 3. The first-order valence-corrected chi connectivity index (χ1v) is 8.24. The summed E-state index contributed by atoms with van der Waals surface area (Å²) in [6.07, 6.45) is 2.42. The summed E-state index contributed by atoms with van der Waals surface area (Å²) >= 11 is 1.68. The van der Waals surface area contributed by atoms with Crippen LogP contribution in [-0.2, 0) is 5.75 Å². The smallest absolute Gasteiger partial charge is 0.333 e. The van der Waals surface area contributed by atoms with E-state index in [0.717, 1.165) is 27.9 Å². The minimum absolute atomic E-state index is 0.413. The second-order valence-corrected chi connectivity index (χ2v) is 6.38. The number of aryl methyl sites for hydroxylation is 1. The fourth-order valence-corrected chi connectivity index (χ4v) is 3.51.